The van der Waals surface area contributed by atoms with E-state index in [1.165, 1.54) is 11.8 Å². The fraction of sp³-hybridized carbons (Fsp3) is 0.250. The molecule has 0 aliphatic carbocycles. The van der Waals surface area contributed by atoms with Crippen LogP contribution < -0.4 is 10.9 Å². The zero-order valence-corrected chi connectivity index (χ0v) is 20.2. The molecule has 4 aromatic rings. The van der Waals surface area contributed by atoms with E-state index >= 15 is 0 Å². The number of aromatic nitrogens is 4. The third-order valence-electron chi connectivity index (χ3n) is 5.30. The van der Waals surface area contributed by atoms with Gasteiger partial charge in [0.05, 0.1) is 18.5 Å². The number of rotatable bonds is 7. The van der Waals surface area contributed by atoms with Gasteiger partial charge in [0.1, 0.15) is 5.52 Å². The first-order valence-corrected chi connectivity index (χ1v) is 11.9. The van der Waals surface area contributed by atoms with Crippen molar-refractivity contribution in [1.82, 2.24) is 19.3 Å². The average Bonchev–Trinajstić information content (AvgIpc) is 3.22. The number of thioether (sulfide) groups is 1. The van der Waals surface area contributed by atoms with Crippen LogP contribution in [0.4, 0.5) is 5.69 Å². The highest BCUT2D eigenvalue weighted by atomic mass is 35.5. The Kier molecular flexibility index (Phi) is 6.85. The number of nitrogens with zero attached hydrogens (tertiary/aromatic N) is 4. The molecule has 2 aromatic carbocycles. The molecule has 0 saturated heterocycles. The lowest BCUT2D eigenvalue weighted by Crippen LogP contribution is -2.25. The van der Waals surface area contributed by atoms with Gasteiger partial charge < -0.3 is 5.32 Å². The molecule has 170 valence electrons. The van der Waals surface area contributed by atoms with Gasteiger partial charge >= 0.3 is 0 Å². The molecule has 9 heteroatoms. The maximum atomic E-state index is 13.3. The quantitative estimate of drug-likeness (QED) is 0.306. The molecule has 0 aliphatic heterocycles. The van der Waals surface area contributed by atoms with Gasteiger partial charge in [0.15, 0.2) is 10.7 Å². The molecule has 0 fully saturated rings. The van der Waals surface area contributed by atoms with Crippen molar-refractivity contribution in [2.75, 3.05) is 11.1 Å². The lowest BCUT2D eigenvalue weighted by atomic mass is 10.1. The van der Waals surface area contributed by atoms with E-state index in [9.17, 15) is 9.59 Å². The number of fused-ring (bicyclic) bond motifs is 1. The number of aryl methyl sites for hydroxylation is 2. The summed E-state index contributed by atoms with van der Waals surface area (Å²) in [5.41, 5.74) is 4.21. The van der Waals surface area contributed by atoms with Gasteiger partial charge in [-0.05, 0) is 44.0 Å². The minimum absolute atomic E-state index is 0.0969. The lowest BCUT2D eigenvalue weighted by Gasteiger charge is -2.13. The molecule has 7 nitrogen and oxygen atoms in total. The highest BCUT2D eigenvalue weighted by Gasteiger charge is 2.17. The molecule has 0 aliphatic rings. The molecular weight excluding hydrogens is 458 g/mol. The van der Waals surface area contributed by atoms with Crippen molar-refractivity contribution in [1.29, 1.82) is 0 Å². The summed E-state index contributed by atoms with van der Waals surface area (Å²) in [6.45, 7) is 6.80. The third-order valence-corrected chi connectivity index (χ3v) is 6.68. The summed E-state index contributed by atoms with van der Waals surface area (Å²) in [7, 11) is 0. The SMILES string of the molecule is CCn1cc2nc(SCC(=O)Nc3cccc(Cl)c3C)n(Cc3ccc(C)cc3)c(=O)c2n1. The Hall–Kier alpha value is -3.10. The number of hydrogen-bond acceptors (Lipinski definition) is 5. The van der Waals surface area contributed by atoms with Crippen molar-refractivity contribution in [3.8, 4) is 0 Å². The Labute approximate surface area is 200 Å². The van der Waals surface area contributed by atoms with Crippen LogP contribution in [0.5, 0.6) is 0 Å². The normalized spacial score (nSPS) is 11.2. The van der Waals surface area contributed by atoms with Crippen LogP contribution in [-0.2, 0) is 17.9 Å². The Balaban J connectivity index is 1.63. The molecule has 2 heterocycles. The molecule has 0 bridgehead atoms. The van der Waals surface area contributed by atoms with Crippen LogP contribution in [0, 0.1) is 13.8 Å². The van der Waals surface area contributed by atoms with Crippen LogP contribution in [0.1, 0.15) is 23.6 Å². The molecule has 33 heavy (non-hydrogen) atoms. The first-order valence-electron chi connectivity index (χ1n) is 10.6. The third kappa shape index (κ3) is 5.12. The van der Waals surface area contributed by atoms with Crippen LogP contribution in [0.15, 0.2) is 58.6 Å². The first kappa shape index (κ1) is 23.1. The minimum atomic E-state index is -0.221. The summed E-state index contributed by atoms with van der Waals surface area (Å²) in [6, 6.07) is 13.4. The largest absolute Gasteiger partial charge is 0.325 e. The standard InChI is InChI=1S/C24H24ClN5O2S/c1-4-29-13-20-22(28-29)23(32)30(12-17-10-8-15(2)9-11-17)24(27-20)33-14-21(31)26-19-7-5-6-18(25)16(19)3/h5-11,13H,4,12,14H2,1-3H3,(H,26,31). The second kappa shape index (κ2) is 9.80. The monoisotopic (exact) mass is 481 g/mol. The van der Waals surface area contributed by atoms with E-state index in [1.807, 2.05) is 45.0 Å². The summed E-state index contributed by atoms with van der Waals surface area (Å²) in [4.78, 5) is 30.6. The van der Waals surface area contributed by atoms with Crippen molar-refractivity contribution in [2.45, 2.75) is 39.0 Å². The summed E-state index contributed by atoms with van der Waals surface area (Å²) in [5, 5.41) is 8.33. The number of anilines is 1. The van der Waals surface area contributed by atoms with E-state index in [1.54, 1.807) is 33.6 Å². The van der Waals surface area contributed by atoms with Gasteiger partial charge in [-0.15, -0.1) is 0 Å². The molecule has 0 atom stereocenters. The van der Waals surface area contributed by atoms with E-state index < -0.39 is 0 Å². The van der Waals surface area contributed by atoms with E-state index in [0.717, 1.165) is 16.7 Å². The Morgan fingerprint density at radius 3 is 2.64 bits per heavy atom. The Bertz CT molecular complexity index is 1380. The number of carbonyl (C=O) groups is 1. The minimum Gasteiger partial charge on any atom is -0.325 e. The van der Waals surface area contributed by atoms with Gasteiger partial charge in [0.25, 0.3) is 5.56 Å². The molecule has 2 aromatic heterocycles. The van der Waals surface area contributed by atoms with E-state index in [4.69, 9.17) is 11.6 Å². The fourth-order valence-electron chi connectivity index (χ4n) is 3.37. The summed E-state index contributed by atoms with van der Waals surface area (Å²) in [6.07, 6.45) is 1.76. The van der Waals surface area contributed by atoms with E-state index in [0.29, 0.717) is 40.0 Å². The van der Waals surface area contributed by atoms with E-state index in [2.05, 4.69) is 15.4 Å². The number of halogens is 1. The van der Waals surface area contributed by atoms with Gasteiger partial charge in [-0.25, -0.2) is 4.98 Å². The predicted octanol–water partition coefficient (Wildman–Crippen LogP) is 4.66. The lowest BCUT2D eigenvalue weighted by molar-refractivity contribution is -0.113. The summed E-state index contributed by atoms with van der Waals surface area (Å²) < 4.78 is 3.28. The average molecular weight is 482 g/mol. The van der Waals surface area contributed by atoms with Crippen LogP contribution in [0.2, 0.25) is 5.02 Å². The molecule has 0 saturated carbocycles. The molecule has 4 rings (SSSR count). The highest BCUT2D eigenvalue weighted by Crippen LogP contribution is 2.24. The smallest absolute Gasteiger partial charge is 0.282 e. The van der Waals surface area contributed by atoms with Crippen molar-refractivity contribution >= 4 is 46.0 Å². The van der Waals surface area contributed by atoms with Crippen molar-refractivity contribution in [2.24, 2.45) is 0 Å². The van der Waals surface area contributed by atoms with Gasteiger partial charge in [0, 0.05) is 17.3 Å². The van der Waals surface area contributed by atoms with Crippen LogP contribution in [0.3, 0.4) is 0 Å². The number of hydrogen-bond donors (Lipinski definition) is 1. The zero-order chi connectivity index (χ0) is 23.5. The molecule has 1 N–H and O–H groups in total. The molecule has 0 unspecified atom stereocenters. The van der Waals surface area contributed by atoms with Crippen LogP contribution >= 0.6 is 23.4 Å². The number of amides is 1. The van der Waals surface area contributed by atoms with Crippen LogP contribution in [0.25, 0.3) is 11.0 Å². The van der Waals surface area contributed by atoms with Gasteiger partial charge in [-0.3, -0.25) is 18.8 Å². The van der Waals surface area contributed by atoms with Gasteiger partial charge in [-0.2, -0.15) is 5.10 Å². The number of carbonyl (C=O) groups excluding carboxylic acids is 1. The van der Waals surface area contributed by atoms with Crippen molar-refractivity contribution in [3.05, 3.63) is 80.7 Å². The number of benzene rings is 2. The second-order valence-electron chi connectivity index (χ2n) is 7.74. The molecule has 0 spiro atoms. The van der Waals surface area contributed by atoms with Gasteiger partial charge in [0.2, 0.25) is 5.91 Å². The second-order valence-corrected chi connectivity index (χ2v) is 9.09. The maximum Gasteiger partial charge on any atom is 0.282 e. The molecular formula is C24H24ClN5O2S. The highest BCUT2D eigenvalue weighted by molar-refractivity contribution is 7.99. The van der Waals surface area contributed by atoms with Crippen LogP contribution in [-0.4, -0.2) is 31.0 Å². The first-order chi connectivity index (χ1) is 15.9. The van der Waals surface area contributed by atoms with Gasteiger partial charge in [-0.1, -0.05) is 59.3 Å². The molecule has 0 radical (unpaired) electrons. The zero-order valence-electron chi connectivity index (χ0n) is 18.6. The summed E-state index contributed by atoms with van der Waals surface area (Å²) >= 11 is 7.37. The Morgan fingerprint density at radius 2 is 1.91 bits per heavy atom. The topological polar surface area (TPSA) is 81.8 Å². The molecule has 1 amide bonds. The fourth-order valence-corrected chi connectivity index (χ4v) is 4.34. The number of nitrogens with one attached hydrogen (secondary N) is 1. The predicted molar refractivity (Wildman–Crippen MR) is 133 cm³/mol. The maximum absolute atomic E-state index is 13.3. The Morgan fingerprint density at radius 1 is 1.15 bits per heavy atom. The van der Waals surface area contributed by atoms with Crippen molar-refractivity contribution < 1.29 is 4.79 Å². The van der Waals surface area contributed by atoms with Crippen molar-refractivity contribution in [3.63, 3.8) is 0 Å². The summed E-state index contributed by atoms with van der Waals surface area (Å²) in [5.74, 6) is -0.106. The van der Waals surface area contributed by atoms with E-state index in [-0.39, 0.29) is 17.2 Å².